The van der Waals surface area contributed by atoms with Crippen LogP contribution in [-0.4, -0.2) is 42.6 Å². The maximum absolute atomic E-state index is 11.9. The zero-order valence-corrected chi connectivity index (χ0v) is 14.2. The van der Waals surface area contributed by atoms with Crippen LogP contribution in [0.4, 0.5) is 0 Å². The first-order valence-corrected chi connectivity index (χ1v) is 8.84. The molecule has 1 aliphatic heterocycles. The van der Waals surface area contributed by atoms with Crippen LogP contribution in [0, 0.1) is 5.92 Å². The number of nitrogens with one attached hydrogen (secondary N) is 1. The predicted molar refractivity (Wildman–Crippen MR) is 91.1 cm³/mol. The average molecular weight is 316 g/mol. The molecule has 1 aliphatic carbocycles. The lowest BCUT2D eigenvalue weighted by Crippen LogP contribution is -2.46. The minimum atomic E-state index is 0.128. The Labute approximate surface area is 139 Å². The molecule has 4 nitrogen and oxygen atoms in total. The molecular formula is C19H28N2O2. The van der Waals surface area contributed by atoms with Crippen molar-refractivity contribution in [1.29, 1.82) is 0 Å². The molecule has 0 radical (unpaired) electrons. The van der Waals surface area contributed by atoms with E-state index in [1.165, 1.54) is 18.4 Å². The second-order valence-corrected chi connectivity index (χ2v) is 7.14. The zero-order chi connectivity index (χ0) is 16.2. The highest BCUT2D eigenvalue weighted by atomic mass is 16.5. The zero-order valence-electron chi connectivity index (χ0n) is 14.2. The summed E-state index contributed by atoms with van der Waals surface area (Å²) in [6, 6.07) is 10.7. The molecule has 2 aliphatic rings. The largest absolute Gasteiger partial charge is 0.367 e. The number of benzene rings is 1. The van der Waals surface area contributed by atoms with Crippen molar-refractivity contribution in [2.75, 3.05) is 19.6 Å². The van der Waals surface area contributed by atoms with Crippen LogP contribution in [0.3, 0.4) is 0 Å². The maximum Gasteiger partial charge on any atom is 0.221 e. The summed E-state index contributed by atoms with van der Waals surface area (Å²) in [6.07, 6.45) is 3.59. The van der Waals surface area contributed by atoms with Gasteiger partial charge in [-0.15, -0.1) is 0 Å². The van der Waals surface area contributed by atoms with Gasteiger partial charge in [0.1, 0.15) is 0 Å². The van der Waals surface area contributed by atoms with Crippen molar-refractivity contribution in [3.05, 3.63) is 35.9 Å². The number of carbonyl (C=O) groups excluding carboxylic acids is 1. The maximum atomic E-state index is 11.9. The lowest BCUT2D eigenvalue weighted by molar-refractivity contribution is -0.124. The summed E-state index contributed by atoms with van der Waals surface area (Å²) in [4.78, 5) is 14.3. The predicted octanol–water partition coefficient (Wildman–Crippen LogP) is 2.75. The van der Waals surface area contributed by atoms with Crippen molar-refractivity contribution in [3.63, 3.8) is 0 Å². The molecule has 126 valence electrons. The van der Waals surface area contributed by atoms with Gasteiger partial charge in [-0.3, -0.25) is 9.69 Å². The Balaban J connectivity index is 1.59. The Morgan fingerprint density at radius 3 is 2.65 bits per heavy atom. The van der Waals surface area contributed by atoms with Gasteiger partial charge in [-0.1, -0.05) is 30.3 Å². The van der Waals surface area contributed by atoms with Gasteiger partial charge in [0.05, 0.1) is 12.2 Å². The van der Waals surface area contributed by atoms with Crippen molar-refractivity contribution in [3.8, 4) is 0 Å². The minimum Gasteiger partial charge on any atom is -0.367 e. The van der Waals surface area contributed by atoms with E-state index in [-0.39, 0.29) is 18.1 Å². The fraction of sp³-hybridized carbons (Fsp3) is 0.632. The molecule has 1 saturated heterocycles. The average Bonchev–Trinajstić information content (AvgIpc) is 3.38. The fourth-order valence-corrected chi connectivity index (χ4v) is 3.28. The molecule has 2 atom stereocenters. The van der Waals surface area contributed by atoms with Gasteiger partial charge in [-0.05, 0) is 38.2 Å². The Morgan fingerprint density at radius 2 is 2.00 bits per heavy atom. The van der Waals surface area contributed by atoms with E-state index in [0.29, 0.717) is 18.4 Å². The van der Waals surface area contributed by atoms with Crippen LogP contribution in [-0.2, 0) is 9.53 Å². The van der Waals surface area contributed by atoms with Crippen LogP contribution in [0.15, 0.2) is 30.3 Å². The standard InChI is InChI=1S/C19H28N2O2/c1-14(2)20-19(22)10-11-21-12-17(15-6-4-3-5-7-15)23-18(13-21)16-8-9-16/h3-7,14,16-18H,8-13H2,1-2H3,(H,20,22)/t17-,18+/m0/s1. The number of hydrogen-bond donors (Lipinski definition) is 1. The van der Waals surface area contributed by atoms with Gasteiger partial charge in [-0.25, -0.2) is 0 Å². The third-order valence-corrected chi connectivity index (χ3v) is 4.63. The first-order chi connectivity index (χ1) is 11.1. The van der Waals surface area contributed by atoms with Gasteiger partial charge in [0, 0.05) is 32.1 Å². The van der Waals surface area contributed by atoms with Crippen LogP contribution in [0.1, 0.15) is 44.8 Å². The number of carbonyl (C=O) groups is 1. The van der Waals surface area contributed by atoms with E-state index in [4.69, 9.17) is 4.74 Å². The number of hydrogen-bond acceptors (Lipinski definition) is 3. The third-order valence-electron chi connectivity index (χ3n) is 4.63. The summed E-state index contributed by atoms with van der Waals surface area (Å²) in [5, 5.41) is 2.97. The number of rotatable bonds is 6. The molecule has 4 heteroatoms. The lowest BCUT2D eigenvalue weighted by atomic mass is 10.0. The molecule has 1 aromatic carbocycles. The van der Waals surface area contributed by atoms with E-state index in [0.717, 1.165) is 19.6 Å². The van der Waals surface area contributed by atoms with Gasteiger partial charge >= 0.3 is 0 Å². The lowest BCUT2D eigenvalue weighted by Gasteiger charge is -2.38. The van der Waals surface area contributed by atoms with Crippen LogP contribution < -0.4 is 5.32 Å². The van der Waals surface area contributed by atoms with Gasteiger partial charge in [0.2, 0.25) is 5.91 Å². The SMILES string of the molecule is CC(C)NC(=O)CCN1C[C@@H](c2ccccc2)O[C@@H](C2CC2)C1. The molecular weight excluding hydrogens is 288 g/mol. The van der Waals surface area contributed by atoms with E-state index in [9.17, 15) is 4.79 Å². The summed E-state index contributed by atoms with van der Waals surface area (Å²) >= 11 is 0. The molecule has 0 bridgehead atoms. The molecule has 0 spiro atoms. The quantitative estimate of drug-likeness (QED) is 0.877. The highest BCUT2D eigenvalue weighted by Gasteiger charge is 2.38. The molecule has 2 fully saturated rings. The molecule has 1 amide bonds. The molecule has 1 N–H and O–H groups in total. The topological polar surface area (TPSA) is 41.6 Å². The molecule has 0 aromatic heterocycles. The third kappa shape index (κ3) is 4.79. The molecule has 23 heavy (non-hydrogen) atoms. The Kier molecular flexibility index (Phi) is 5.34. The smallest absolute Gasteiger partial charge is 0.221 e. The Bertz CT molecular complexity index is 513. The van der Waals surface area contributed by atoms with E-state index >= 15 is 0 Å². The van der Waals surface area contributed by atoms with Crippen molar-refractivity contribution in [2.45, 2.75) is 51.4 Å². The summed E-state index contributed by atoms with van der Waals surface area (Å²) in [5.41, 5.74) is 1.24. The first-order valence-electron chi connectivity index (χ1n) is 8.84. The van der Waals surface area contributed by atoms with Crippen LogP contribution in [0.5, 0.6) is 0 Å². The molecule has 0 unspecified atom stereocenters. The normalized spacial score (nSPS) is 25.5. The van der Waals surface area contributed by atoms with E-state index in [1.54, 1.807) is 0 Å². The summed E-state index contributed by atoms with van der Waals surface area (Å²) in [6.45, 7) is 6.65. The summed E-state index contributed by atoms with van der Waals surface area (Å²) < 4.78 is 6.36. The monoisotopic (exact) mass is 316 g/mol. The van der Waals surface area contributed by atoms with Gasteiger partial charge in [-0.2, -0.15) is 0 Å². The van der Waals surface area contributed by atoms with Gasteiger partial charge in [0.15, 0.2) is 0 Å². The second-order valence-electron chi connectivity index (χ2n) is 7.14. The van der Waals surface area contributed by atoms with Gasteiger partial charge in [0.25, 0.3) is 0 Å². The number of ether oxygens (including phenoxy) is 1. The van der Waals surface area contributed by atoms with Crippen LogP contribution in [0.2, 0.25) is 0 Å². The van der Waals surface area contributed by atoms with Crippen LogP contribution in [0.25, 0.3) is 0 Å². The van der Waals surface area contributed by atoms with Crippen molar-refractivity contribution in [2.24, 2.45) is 5.92 Å². The number of nitrogens with zero attached hydrogens (tertiary/aromatic N) is 1. The van der Waals surface area contributed by atoms with E-state index < -0.39 is 0 Å². The number of amides is 1. The highest BCUT2D eigenvalue weighted by molar-refractivity contribution is 5.76. The second kappa shape index (κ2) is 7.45. The van der Waals surface area contributed by atoms with Crippen molar-refractivity contribution < 1.29 is 9.53 Å². The van der Waals surface area contributed by atoms with E-state index in [1.807, 2.05) is 19.9 Å². The van der Waals surface area contributed by atoms with Crippen molar-refractivity contribution in [1.82, 2.24) is 10.2 Å². The summed E-state index contributed by atoms with van der Waals surface area (Å²) in [7, 11) is 0. The Morgan fingerprint density at radius 1 is 1.26 bits per heavy atom. The molecule has 1 saturated carbocycles. The molecule has 1 heterocycles. The highest BCUT2D eigenvalue weighted by Crippen LogP contribution is 2.39. The van der Waals surface area contributed by atoms with E-state index in [2.05, 4.69) is 34.5 Å². The van der Waals surface area contributed by atoms with Crippen LogP contribution >= 0.6 is 0 Å². The minimum absolute atomic E-state index is 0.128. The van der Waals surface area contributed by atoms with Gasteiger partial charge < -0.3 is 10.1 Å². The first kappa shape index (κ1) is 16.5. The molecule has 1 aromatic rings. The Hall–Kier alpha value is -1.39. The van der Waals surface area contributed by atoms with Crippen molar-refractivity contribution >= 4 is 5.91 Å². The molecule has 3 rings (SSSR count). The fourth-order valence-electron chi connectivity index (χ4n) is 3.28. The number of morpholine rings is 1. The summed E-state index contributed by atoms with van der Waals surface area (Å²) in [5.74, 6) is 0.860.